The van der Waals surface area contributed by atoms with Crippen molar-refractivity contribution in [2.24, 2.45) is 0 Å². The van der Waals surface area contributed by atoms with Gasteiger partial charge in [-0.15, -0.1) is 11.3 Å². The monoisotopic (exact) mass is 326 g/mol. The van der Waals surface area contributed by atoms with Gasteiger partial charge in [-0.1, -0.05) is 0 Å². The molecule has 6 heteroatoms. The Morgan fingerprint density at radius 2 is 2.17 bits per heavy atom. The Labute approximate surface area is 138 Å². The minimum Gasteiger partial charge on any atom is -0.360 e. The van der Waals surface area contributed by atoms with E-state index in [0.29, 0.717) is 5.92 Å². The van der Waals surface area contributed by atoms with Crippen molar-refractivity contribution in [3.8, 4) is 0 Å². The molecule has 118 valence electrons. The number of nitrogens with one attached hydrogen (secondary N) is 2. The molecule has 4 heterocycles. The number of pyridine rings is 1. The predicted octanol–water partition coefficient (Wildman–Crippen LogP) is 4.04. The molecule has 3 aromatic heterocycles. The number of hydrogen-bond donors (Lipinski definition) is 2. The van der Waals surface area contributed by atoms with Crippen molar-refractivity contribution in [1.82, 2.24) is 14.9 Å². The quantitative estimate of drug-likeness (QED) is 0.747. The van der Waals surface area contributed by atoms with Crippen molar-refractivity contribution < 1.29 is 4.79 Å². The summed E-state index contributed by atoms with van der Waals surface area (Å²) in [6.07, 6.45) is 5.86. The van der Waals surface area contributed by atoms with Crippen LogP contribution in [0.2, 0.25) is 0 Å². The van der Waals surface area contributed by atoms with Crippen LogP contribution in [0.4, 0.5) is 9.80 Å². The van der Waals surface area contributed by atoms with E-state index < -0.39 is 0 Å². The Morgan fingerprint density at radius 3 is 2.96 bits per heavy atom. The molecule has 4 rings (SSSR count). The molecule has 0 bridgehead atoms. The predicted molar refractivity (Wildman–Crippen MR) is 93.0 cm³/mol. The van der Waals surface area contributed by atoms with E-state index in [1.807, 2.05) is 34.7 Å². The summed E-state index contributed by atoms with van der Waals surface area (Å²) in [6.45, 7) is 1.56. The van der Waals surface area contributed by atoms with Crippen LogP contribution in [-0.4, -0.2) is 34.0 Å². The number of hydrogen-bond acceptors (Lipinski definition) is 3. The molecule has 0 radical (unpaired) electrons. The van der Waals surface area contributed by atoms with E-state index in [1.54, 1.807) is 11.3 Å². The van der Waals surface area contributed by atoms with Crippen LogP contribution in [0.5, 0.6) is 0 Å². The first-order chi connectivity index (χ1) is 11.3. The molecule has 1 aliphatic rings. The van der Waals surface area contributed by atoms with Crippen molar-refractivity contribution in [1.29, 1.82) is 0 Å². The molecule has 2 amide bonds. The highest BCUT2D eigenvalue weighted by Gasteiger charge is 2.25. The van der Waals surface area contributed by atoms with Crippen molar-refractivity contribution in [2.75, 3.05) is 18.4 Å². The van der Waals surface area contributed by atoms with Crippen LogP contribution in [0, 0.1) is 0 Å². The van der Waals surface area contributed by atoms with E-state index >= 15 is 0 Å². The Bertz CT molecular complexity index is 803. The molecule has 1 fully saturated rings. The number of carbonyl (C=O) groups is 1. The van der Waals surface area contributed by atoms with Crippen LogP contribution in [0.15, 0.2) is 42.0 Å². The molecular weight excluding hydrogens is 308 g/mol. The smallest absolute Gasteiger partial charge is 0.322 e. The first-order valence-electron chi connectivity index (χ1n) is 7.83. The van der Waals surface area contributed by atoms with E-state index in [9.17, 15) is 4.79 Å². The van der Waals surface area contributed by atoms with Gasteiger partial charge in [-0.3, -0.25) is 10.3 Å². The Hall–Kier alpha value is -2.34. The number of anilines is 1. The molecule has 0 unspecified atom stereocenters. The fraction of sp³-hybridized carbons (Fsp3) is 0.294. The molecular formula is C17H18N4OS. The average Bonchev–Trinajstić information content (AvgIpc) is 3.24. The summed E-state index contributed by atoms with van der Waals surface area (Å²) in [6, 6.07) is 7.86. The van der Waals surface area contributed by atoms with E-state index in [1.165, 1.54) is 5.56 Å². The Morgan fingerprint density at radius 1 is 1.30 bits per heavy atom. The zero-order valence-corrected chi connectivity index (χ0v) is 13.5. The largest absolute Gasteiger partial charge is 0.360 e. The number of piperidine rings is 1. The number of carbonyl (C=O) groups excluding carboxylic acids is 1. The van der Waals surface area contributed by atoms with E-state index in [4.69, 9.17) is 0 Å². The second-order valence-corrected chi connectivity index (χ2v) is 6.76. The molecule has 0 saturated carbocycles. The number of urea groups is 1. The molecule has 0 aromatic carbocycles. The Kier molecular flexibility index (Phi) is 3.75. The van der Waals surface area contributed by atoms with Gasteiger partial charge in [-0.2, -0.15) is 0 Å². The molecule has 2 N–H and O–H groups in total. The summed E-state index contributed by atoms with van der Waals surface area (Å²) in [5.74, 6) is 0.462. The van der Waals surface area contributed by atoms with Gasteiger partial charge in [0.1, 0.15) is 0 Å². The fourth-order valence-electron chi connectivity index (χ4n) is 3.21. The van der Waals surface area contributed by atoms with E-state index in [0.717, 1.165) is 42.0 Å². The van der Waals surface area contributed by atoms with Crippen LogP contribution in [0.25, 0.3) is 11.0 Å². The number of aromatic nitrogens is 2. The minimum absolute atomic E-state index is 0.00273. The number of fused-ring (bicyclic) bond motifs is 1. The summed E-state index contributed by atoms with van der Waals surface area (Å²) in [5.41, 5.74) is 3.42. The summed E-state index contributed by atoms with van der Waals surface area (Å²) in [4.78, 5) is 22.0. The third-order valence-corrected chi connectivity index (χ3v) is 5.22. The number of likely N-dealkylation sites (tertiary alicyclic amines) is 1. The van der Waals surface area contributed by atoms with Crippen molar-refractivity contribution in [3.63, 3.8) is 0 Å². The maximum absolute atomic E-state index is 12.3. The maximum Gasteiger partial charge on any atom is 0.322 e. The number of aromatic amines is 1. The average molecular weight is 326 g/mol. The van der Waals surface area contributed by atoms with Gasteiger partial charge in [-0.05, 0) is 54.0 Å². The summed E-state index contributed by atoms with van der Waals surface area (Å²) in [5, 5.41) is 5.82. The molecule has 1 aliphatic heterocycles. The standard InChI is InChI=1S/C17H18N4OS/c22-17(20-15-4-2-10-23-15)21-8-5-12(6-9-21)13-11-19-14-3-1-7-18-16(13)14/h1-4,7,10-12,19H,5-6,8-9H2,(H,20,22). The first kappa shape index (κ1) is 14.3. The lowest BCUT2D eigenvalue weighted by molar-refractivity contribution is 0.195. The summed E-state index contributed by atoms with van der Waals surface area (Å²) >= 11 is 1.54. The highest BCUT2D eigenvalue weighted by Crippen LogP contribution is 2.32. The van der Waals surface area contributed by atoms with Crippen LogP contribution in [0.3, 0.4) is 0 Å². The zero-order valence-electron chi connectivity index (χ0n) is 12.7. The van der Waals surface area contributed by atoms with E-state index in [2.05, 4.69) is 27.5 Å². The van der Waals surface area contributed by atoms with Crippen molar-refractivity contribution >= 4 is 33.4 Å². The third-order valence-electron chi connectivity index (χ3n) is 4.44. The lowest BCUT2D eigenvalue weighted by atomic mass is 9.90. The summed E-state index contributed by atoms with van der Waals surface area (Å²) < 4.78 is 0. The van der Waals surface area contributed by atoms with Gasteiger partial charge in [0.25, 0.3) is 0 Å². The van der Waals surface area contributed by atoms with Crippen molar-refractivity contribution in [3.05, 3.63) is 47.6 Å². The fourth-order valence-corrected chi connectivity index (χ4v) is 3.82. The van der Waals surface area contributed by atoms with Crippen LogP contribution in [0.1, 0.15) is 24.3 Å². The number of H-pyrrole nitrogens is 1. The molecule has 0 aliphatic carbocycles. The SMILES string of the molecule is O=C(Nc1cccs1)N1CCC(c2c[nH]c3cccnc23)CC1. The molecule has 3 aromatic rings. The lowest BCUT2D eigenvalue weighted by Gasteiger charge is -2.31. The van der Waals surface area contributed by atoms with Gasteiger partial charge >= 0.3 is 6.03 Å². The lowest BCUT2D eigenvalue weighted by Crippen LogP contribution is -2.40. The highest BCUT2D eigenvalue weighted by atomic mass is 32.1. The topological polar surface area (TPSA) is 61.0 Å². The van der Waals surface area contributed by atoms with Gasteiger partial charge in [0.15, 0.2) is 0 Å². The zero-order chi connectivity index (χ0) is 15.6. The van der Waals surface area contributed by atoms with E-state index in [-0.39, 0.29) is 6.03 Å². The molecule has 23 heavy (non-hydrogen) atoms. The third kappa shape index (κ3) is 2.82. The molecule has 0 spiro atoms. The van der Waals surface area contributed by atoms with Crippen LogP contribution < -0.4 is 5.32 Å². The van der Waals surface area contributed by atoms with Crippen LogP contribution in [-0.2, 0) is 0 Å². The van der Waals surface area contributed by atoms with Gasteiger partial charge in [-0.25, -0.2) is 4.79 Å². The number of amides is 2. The van der Waals surface area contributed by atoms with Crippen LogP contribution >= 0.6 is 11.3 Å². The molecule has 5 nitrogen and oxygen atoms in total. The maximum atomic E-state index is 12.3. The van der Waals surface area contributed by atoms with Crippen molar-refractivity contribution in [2.45, 2.75) is 18.8 Å². The number of nitrogens with zero attached hydrogens (tertiary/aromatic N) is 2. The minimum atomic E-state index is 0.00273. The second kappa shape index (κ2) is 6.04. The normalized spacial score (nSPS) is 15.9. The van der Waals surface area contributed by atoms with Gasteiger partial charge in [0, 0.05) is 25.5 Å². The van der Waals surface area contributed by atoms with Gasteiger partial charge in [0.05, 0.1) is 16.0 Å². The first-order valence-corrected chi connectivity index (χ1v) is 8.70. The number of thiophene rings is 1. The number of rotatable bonds is 2. The Balaban J connectivity index is 1.42. The molecule has 1 saturated heterocycles. The van der Waals surface area contributed by atoms with Gasteiger partial charge in [0.2, 0.25) is 0 Å². The second-order valence-electron chi connectivity index (χ2n) is 5.81. The summed E-state index contributed by atoms with van der Waals surface area (Å²) in [7, 11) is 0. The molecule has 0 atom stereocenters. The highest BCUT2D eigenvalue weighted by molar-refractivity contribution is 7.14. The van der Waals surface area contributed by atoms with Gasteiger partial charge < -0.3 is 9.88 Å².